The van der Waals surface area contributed by atoms with Crippen LogP contribution in [-0.4, -0.2) is 29.3 Å². The molecule has 0 saturated carbocycles. The van der Waals surface area contributed by atoms with Crippen molar-refractivity contribution in [3.8, 4) is 11.5 Å². The summed E-state index contributed by atoms with van der Waals surface area (Å²) >= 11 is 0. The number of hydrogen-bond donors (Lipinski definition) is 2. The molecule has 28 heavy (non-hydrogen) atoms. The molecule has 1 amide bonds. The molecular formula is C23H29NO4. The minimum atomic E-state index is -1.39. The molecule has 0 aromatic heterocycles. The van der Waals surface area contributed by atoms with Crippen molar-refractivity contribution in [2.75, 3.05) is 0 Å². The first-order valence-corrected chi connectivity index (χ1v) is 9.85. The van der Waals surface area contributed by atoms with E-state index in [0.29, 0.717) is 35.5 Å². The third-order valence-corrected chi connectivity index (χ3v) is 4.79. The Bertz CT molecular complexity index is 777. The second kappa shape index (κ2) is 8.23. The van der Waals surface area contributed by atoms with Crippen molar-refractivity contribution in [2.24, 2.45) is 0 Å². The summed E-state index contributed by atoms with van der Waals surface area (Å²) in [5, 5.41) is 14.9. The van der Waals surface area contributed by atoms with E-state index in [0.717, 1.165) is 0 Å². The lowest BCUT2D eigenvalue weighted by molar-refractivity contribution is -0.120. The van der Waals surface area contributed by atoms with Crippen LogP contribution in [0.5, 0.6) is 11.5 Å². The van der Waals surface area contributed by atoms with Crippen LogP contribution in [-0.2, 0) is 10.4 Å². The molecule has 2 N–H and O–H groups in total. The van der Waals surface area contributed by atoms with Gasteiger partial charge in [0.15, 0.2) is 0 Å². The number of rotatable bonds is 7. The molecule has 1 heterocycles. The van der Waals surface area contributed by atoms with Crippen LogP contribution in [0.25, 0.3) is 0 Å². The average molecular weight is 383 g/mol. The van der Waals surface area contributed by atoms with Gasteiger partial charge in [-0.05, 0) is 69.5 Å². The van der Waals surface area contributed by atoms with Gasteiger partial charge in [0.25, 0.3) is 0 Å². The Balaban J connectivity index is 2.08. The summed E-state index contributed by atoms with van der Waals surface area (Å²) in [6.45, 7) is 7.84. The third-order valence-electron chi connectivity index (χ3n) is 4.79. The molecular weight excluding hydrogens is 354 g/mol. The van der Waals surface area contributed by atoms with Crippen molar-refractivity contribution in [3.05, 3.63) is 59.7 Å². The number of amides is 1. The predicted octanol–water partition coefficient (Wildman–Crippen LogP) is 3.78. The van der Waals surface area contributed by atoms with Crippen molar-refractivity contribution in [1.29, 1.82) is 0 Å². The fourth-order valence-corrected chi connectivity index (χ4v) is 3.65. The van der Waals surface area contributed by atoms with Crippen molar-refractivity contribution >= 4 is 5.91 Å². The molecule has 0 unspecified atom stereocenters. The summed E-state index contributed by atoms with van der Waals surface area (Å²) in [6, 6.07) is 14.5. The van der Waals surface area contributed by atoms with Crippen molar-refractivity contribution < 1.29 is 19.4 Å². The lowest BCUT2D eigenvalue weighted by Gasteiger charge is -2.35. The van der Waals surface area contributed by atoms with Crippen molar-refractivity contribution in [2.45, 2.75) is 64.4 Å². The van der Waals surface area contributed by atoms with Gasteiger partial charge in [-0.2, -0.15) is 0 Å². The first kappa shape index (κ1) is 20.2. The van der Waals surface area contributed by atoms with Gasteiger partial charge in [-0.1, -0.05) is 24.3 Å². The molecule has 3 rings (SSSR count). The summed E-state index contributed by atoms with van der Waals surface area (Å²) < 4.78 is 11.6. The number of aliphatic hydroxyl groups is 1. The van der Waals surface area contributed by atoms with E-state index in [9.17, 15) is 9.90 Å². The Labute approximate surface area is 166 Å². The van der Waals surface area contributed by atoms with E-state index in [2.05, 4.69) is 5.32 Å². The number of benzene rings is 2. The Morgan fingerprint density at radius 3 is 1.86 bits per heavy atom. The van der Waals surface area contributed by atoms with Crippen LogP contribution in [0.4, 0.5) is 0 Å². The van der Waals surface area contributed by atoms with Gasteiger partial charge < -0.3 is 19.9 Å². The molecule has 150 valence electrons. The number of hydrogen-bond acceptors (Lipinski definition) is 4. The van der Waals surface area contributed by atoms with E-state index in [-0.39, 0.29) is 18.1 Å². The van der Waals surface area contributed by atoms with Crippen LogP contribution in [0.2, 0.25) is 0 Å². The monoisotopic (exact) mass is 383 g/mol. The second-order valence-electron chi connectivity index (χ2n) is 7.81. The fraction of sp³-hybridized carbons (Fsp3) is 0.435. The van der Waals surface area contributed by atoms with Crippen molar-refractivity contribution in [3.63, 3.8) is 0 Å². The summed E-state index contributed by atoms with van der Waals surface area (Å²) in [4.78, 5) is 11.9. The van der Waals surface area contributed by atoms with Gasteiger partial charge in [0, 0.05) is 6.42 Å². The molecule has 0 radical (unpaired) electrons. The van der Waals surface area contributed by atoms with Crippen LogP contribution < -0.4 is 14.8 Å². The smallest absolute Gasteiger partial charge is 0.220 e. The largest absolute Gasteiger partial charge is 0.491 e. The van der Waals surface area contributed by atoms with Crippen molar-refractivity contribution in [1.82, 2.24) is 5.32 Å². The lowest BCUT2D eigenvalue weighted by atomic mass is 9.79. The van der Waals surface area contributed by atoms with Crippen LogP contribution >= 0.6 is 0 Å². The molecule has 0 aliphatic carbocycles. The van der Waals surface area contributed by atoms with E-state index in [4.69, 9.17) is 9.47 Å². The third kappa shape index (κ3) is 4.30. The maximum atomic E-state index is 12.0. The Kier molecular flexibility index (Phi) is 5.94. The van der Waals surface area contributed by atoms with E-state index in [1.54, 1.807) is 0 Å². The molecule has 5 nitrogen and oxygen atoms in total. The SMILES string of the molecule is CC(C)Oc1cccc(C(O)(c2cccc(OC(C)C)c2)[C@@H]2CCC(=O)N2)c1. The van der Waals surface area contributed by atoms with E-state index in [1.807, 2.05) is 76.2 Å². The standard InChI is InChI=1S/C23H29NO4/c1-15(2)27-19-9-5-7-17(13-19)23(26,21-11-12-22(25)24-21)18-8-6-10-20(14-18)28-16(3)4/h5-10,13-16,21,26H,11-12H2,1-4H3,(H,24,25)/t21-/m0/s1. The van der Waals surface area contributed by atoms with Crippen LogP contribution in [0.3, 0.4) is 0 Å². The lowest BCUT2D eigenvalue weighted by Crippen LogP contribution is -2.47. The molecule has 0 bridgehead atoms. The van der Waals surface area contributed by atoms with Gasteiger partial charge >= 0.3 is 0 Å². The molecule has 2 aromatic rings. The van der Waals surface area contributed by atoms with Gasteiger partial charge in [-0.25, -0.2) is 0 Å². The summed E-state index contributed by atoms with van der Waals surface area (Å²) in [7, 11) is 0. The highest BCUT2D eigenvalue weighted by Gasteiger charge is 2.44. The number of carbonyl (C=O) groups is 1. The molecule has 1 fully saturated rings. The minimum absolute atomic E-state index is 0.0253. The normalized spacial score (nSPS) is 17.1. The maximum absolute atomic E-state index is 12.0. The predicted molar refractivity (Wildman–Crippen MR) is 109 cm³/mol. The number of ether oxygens (including phenoxy) is 2. The zero-order chi connectivity index (χ0) is 20.3. The molecule has 1 aliphatic rings. The zero-order valence-electron chi connectivity index (χ0n) is 16.9. The number of nitrogens with one attached hydrogen (secondary N) is 1. The quantitative estimate of drug-likeness (QED) is 0.764. The highest BCUT2D eigenvalue weighted by Crippen LogP contribution is 2.39. The molecule has 0 spiro atoms. The van der Waals surface area contributed by atoms with E-state index < -0.39 is 11.6 Å². The fourth-order valence-electron chi connectivity index (χ4n) is 3.65. The zero-order valence-corrected chi connectivity index (χ0v) is 16.9. The van der Waals surface area contributed by atoms with Gasteiger partial charge in [0.2, 0.25) is 5.91 Å². The summed E-state index contributed by atoms with van der Waals surface area (Å²) in [5.41, 5.74) is -0.0297. The van der Waals surface area contributed by atoms with Gasteiger partial charge in [0.1, 0.15) is 17.1 Å². The van der Waals surface area contributed by atoms with Gasteiger partial charge in [-0.3, -0.25) is 4.79 Å². The first-order chi connectivity index (χ1) is 13.3. The highest BCUT2D eigenvalue weighted by atomic mass is 16.5. The summed E-state index contributed by atoms with van der Waals surface area (Å²) in [5.74, 6) is 1.32. The Morgan fingerprint density at radius 1 is 0.964 bits per heavy atom. The number of carbonyl (C=O) groups excluding carboxylic acids is 1. The molecule has 1 aliphatic heterocycles. The van der Waals surface area contributed by atoms with Gasteiger partial charge in [-0.15, -0.1) is 0 Å². The first-order valence-electron chi connectivity index (χ1n) is 9.85. The summed E-state index contributed by atoms with van der Waals surface area (Å²) in [6.07, 6.45) is 1.01. The van der Waals surface area contributed by atoms with Gasteiger partial charge in [0.05, 0.1) is 18.2 Å². The minimum Gasteiger partial charge on any atom is -0.491 e. The second-order valence-corrected chi connectivity index (χ2v) is 7.81. The maximum Gasteiger partial charge on any atom is 0.220 e. The average Bonchev–Trinajstić information content (AvgIpc) is 3.07. The van der Waals surface area contributed by atoms with E-state index >= 15 is 0 Å². The molecule has 5 heteroatoms. The van der Waals surface area contributed by atoms with Crippen LogP contribution in [0.1, 0.15) is 51.7 Å². The van der Waals surface area contributed by atoms with Crippen LogP contribution in [0.15, 0.2) is 48.5 Å². The van der Waals surface area contributed by atoms with E-state index in [1.165, 1.54) is 0 Å². The Morgan fingerprint density at radius 2 is 1.46 bits per heavy atom. The highest BCUT2D eigenvalue weighted by molar-refractivity contribution is 5.79. The van der Waals surface area contributed by atoms with Crippen LogP contribution in [0, 0.1) is 0 Å². The topological polar surface area (TPSA) is 67.8 Å². The molecule has 1 atom stereocenters. The molecule has 2 aromatic carbocycles. The Hall–Kier alpha value is -2.53. The molecule has 1 saturated heterocycles.